The summed E-state index contributed by atoms with van der Waals surface area (Å²) in [6.07, 6.45) is 4.97. The number of rotatable bonds is 56. The number of aldehydes is 2. The van der Waals surface area contributed by atoms with Crippen molar-refractivity contribution in [2.45, 2.75) is 51.4 Å². The second-order valence-electron chi connectivity index (χ2n) is 17.1. The first-order chi connectivity index (χ1) is 38.7. The van der Waals surface area contributed by atoms with Crippen LogP contribution in [0.2, 0.25) is 0 Å². The summed E-state index contributed by atoms with van der Waals surface area (Å²) < 4.78 is 71.5. The molecule has 0 radical (unpaired) electrons. The Morgan fingerprint density at radius 2 is 0.608 bits per heavy atom. The highest BCUT2D eigenvalue weighted by molar-refractivity contribution is 5.84. The third kappa shape index (κ3) is 42.0. The summed E-state index contributed by atoms with van der Waals surface area (Å²) in [7, 11) is 0. The lowest BCUT2D eigenvalue weighted by Gasteiger charge is -2.09. The van der Waals surface area contributed by atoms with E-state index in [1.807, 2.05) is 0 Å². The van der Waals surface area contributed by atoms with Gasteiger partial charge in [-0.25, -0.2) is 0 Å². The largest absolute Gasteiger partial charge is 0.494 e. The molecule has 25 nitrogen and oxygen atoms in total. The fraction of sp³-hybridized carbons (Fsp3) is 0.667. The van der Waals surface area contributed by atoms with Crippen molar-refractivity contribution in [3.8, 4) is 11.5 Å². The Hall–Kier alpha value is -5.58. The molecule has 0 fully saturated rings. The van der Waals surface area contributed by atoms with Gasteiger partial charge in [0, 0.05) is 99.7 Å². The molecule has 0 aliphatic carbocycles. The first-order valence-corrected chi connectivity index (χ1v) is 27.1. The van der Waals surface area contributed by atoms with Gasteiger partial charge in [-0.2, -0.15) is 0 Å². The SMILES string of the molecule is Nc1cc(OCCCC(=O)NCCCOCCOCCOCCNC(=O)CCOCCOCCOCCOCCOCCC(=O)NCCOCCOCCOCCCNC(=O)CCCOc2ccc(C=O)c(N)c2)ccc1C=O. The zero-order chi connectivity index (χ0) is 56.9. The Kier molecular flexibility index (Phi) is 44.6. The standard InChI is InChI=1S/C54H88N6O19/c55-49-41-47(9-7-45(49)43-61)78-19-1-5-51(63)57-13-3-17-67-25-31-73-35-29-71-23-15-59-53(65)11-21-69-27-33-75-37-39-77-40-38-76-34-28-70-22-12-54(66)60-16-24-72-30-36-74-32-26-68-18-4-14-58-52(64)6-2-20-79-48-10-8-46(44-62)50(56)42-48/h7-10,41-44H,1-6,11-40,55-56H2,(H,57,63)(H,58,64)(H,59,65)(H,60,66). The van der Waals surface area contributed by atoms with Crippen molar-refractivity contribution in [3.05, 3.63) is 47.5 Å². The number of hydrogen-bond donors (Lipinski definition) is 6. The summed E-state index contributed by atoms with van der Waals surface area (Å²) in [5, 5.41) is 11.3. The van der Waals surface area contributed by atoms with Gasteiger partial charge in [0.05, 0.1) is 145 Å². The third-order valence-corrected chi connectivity index (χ3v) is 10.6. The minimum absolute atomic E-state index is 0.0602. The molecular formula is C54H88N6O19. The fourth-order valence-corrected chi connectivity index (χ4v) is 6.42. The van der Waals surface area contributed by atoms with E-state index >= 15 is 0 Å². The Morgan fingerprint density at radius 3 is 0.924 bits per heavy atom. The smallest absolute Gasteiger partial charge is 0.222 e. The topological polar surface area (TPSA) is 323 Å². The Morgan fingerprint density at radius 1 is 0.329 bits per heavy atom. The van der Waals surface area contributed by atoms with Crippen LogP contribution in [0, 0.1) is 0 Å². The number of carbonyl (C=O) groups excluding carboxylic acids is 6. The molecule has 0 bridgehead atoms. The van der Waals surface area contributed by atoms with E-state index in [4.69, 9.17) is 73.0 Å². The minimum atomic E-state index is -0.128. The van der Waals surface area contributed by atoms with Gasteiger partial charge in [-0.15, -0.1) is 0 Å². The molecule has 0 spiro atoms. The Labute approximate surface area is 464 Å². The van der Waals surface area contributed by atoms with Crippen LogP contribution in [-0.4, -0.2) is 221 Å². The van der Waals surface area contributed by atoms with Gasteiger partial charge >= 0.3 is 0 Å². The number of nitrogen functional groups attached to an aromatic ring is 2. The van der Waals surface area contributed by atoms with E-state index in [1.165, 1.54) is 0 Å². The molecule has 0 heterocycles. The van der Waals surface area contributed by atoms with Crippen molar-refractivity contribution < 1.29 is 90.3 Å². The lowest BCUT2D eigenvalue weighted by atomic mass is 10.2. The zero-order valence-electron chi connectivity index (χ0n) is 46.0. The molecule has 8 N–H and O–H groups in total. The monoisotopic (exact) mass is 1120 g/mol. The van der Waals surface area contributed by atoms with Crippen LogP contribution in [0.5, 0.6) is 11.5 Å². The summed E-state index contributed by atoms with van der Waals surface area (Å²) in [6.45, 7) is 11.2. The van der Waals surface area contributed by atoms with Crippen LogP contribution in [0.25, 0.3) is 0 Å². The Balaban J connectivity index is 1.17. The molecule has 0 atom stereocenters. The van der Waals surface area contributed by atoms with Gasteiger partial charge in [0.15, 0.2) is 12.6 Å². The molecule has 448 valence electrons. The molecule has 0 aliphatic heterocycles. The lowest BCUT2D eigenvalue weighted by molar-refractivity contribution is -0.123. The first kappa shape index (κ1) is 69.5. The van der Waals surface area contributed by atoms with Crippen molar-refractivity contribution in [1.29, 1.82) is 0 Å². The van der Waals surface area contributed by atoms with Crippen molar-refractivity contribution >= 4 is 47.6 Å². The maximum atomic E-state index is 12.0. The molecule has 79 heavy (non-hydrogen) atoms. The molecule has 2 rings (SSSR count). The fourth-order valence-electron chi connectivity index (χ4n) is 6.42. The summed E-state index contributed by atoms with van der Waals surface area (Å²) in [5.41, 5.74) is 13.1. The molecule has 0 saturated heterocycles. The number of ether oxygens (including phenoxy) is 13. The number of carbonyl (C=O) groups is 6. The van der Waals surface area contributed by atoms with Gasteiger partial charge in [-0.3, -0.25) is 28.8 Å². The number of nitrogens with one attached hydrogen (secondary N) is 4. The normalized spacial score (nSPS) is 11.0. The molecule has 4 amide bonds. The van der Waals surface area contributed by atoms with Crippen molar-refractivity contribution in [1.82, 2.24) is 21.3 Å². The van der Waals surface area contributed by atoms with Crippen molar-refractivity contribution in [3.63, 3.8) is 0 Å². The van der Waals surface area contributed by atoms with E-state index < -0.39 is 0 Å². The molecule has 0 aliphatic rings. The molecule has 0 saturated carbocycles. The van der Waals surface area contributed by atoms with Crippen LogP contribution in [-0.2, 0) is 71.3 Å². The average molecular weight is 1130 g/mol. The second-order valence-corrected chi connectivity index (χ2v) is 17.1. The second kappa shape index (κ2) is 50.6. The maximum Gasteiger partial charge on any atom is 0.222 e. The number of nitrogens with two attached hydrogens (primary N) is 2. The molecular weight excluding hydrogens is 1040 g/mol. The van der Waals surface area contributed by atoms with E-state index in [0.29, 0.717) is 257 Å². The Bertz CT molecular complexity index is 1770. The van der Waals surface area contributed by atoms with E-state index in [0.717, 1.165) is 0 Å². The van der Waals surface area contributed by atoms with E-state index in [1.54, 1.807) is 36.4 Å². The van der Waals surface area contributed by atoms with E-state index in [-0.39, 0.29) is 49.7 Å². The van der Waals surface area contributed by atoms with Crippen LogP contribution in [0.4, 0.5) is 11.4 Å². The van der Waals surface area contributed by atoms with Crippen LogP contribution in [0.15, 0.2) is 36.4 Å². The molecule has 0 aromatic heterocycles. The van der Waals surface area contributed by atoms with Gasteiger partial charge in [0.1, 0.15) is 11.5 Å². The molecule has 2 aromatic rings. The number of anilines is 2. The number of benzene rings is 2. The van der Waals surface area contributed by atoms with Gasteiger partial charge in [-0.05, 0) is 49.9 Å². The van der Waals surface area contributed by atoms with Gasteiger partial charge in [-0.1, -0.05) is 0 Å². The maximum absolute atomic E-state index is 12.0. The van der Waals surface area contributed by atoms with Crippen LogP contribution < -0.4 is 42.2 Å². The number of amides is 4. The van der Waals surface area contributed by atoms with Crippen LogP contribution in [0.1, 0.15) is 72.1 Å². The minimum Gasteiger partial charge on any atom is -0.494 e. The predicted molar refractivity (Wildman–Crippen MR) is 291 cm³/mol. The summed E-state index contributed by atoms with van der Waals surface area (Å²) in [6, 6.07) is 9.71. The molecule has 25 heteroatoms. The highest BCUT2D eigenvalue weighted by atomic mass is 16.6. The summed E-state index contributed by atoms with van der Waals surface area (Å²) >= 11 is 0. The van der Waals surface area contributed by atoms with Crippen LogP contribution >= 0.6 is 0 Å². The van der Waals surface area contributed by atoms with Crippen LogP contribution in [0.3, 0.4) is 0 Å². The number of hydrogen-bond acceptors (Lipinski definition) is 21. The molecule has 2 aromatic carbocycles. The highest BCUT2D eigenvalue weighted by Gasteiger charge is 2.07. The average Bonchev–Trinajstić information content (AvgIpc) is 3.44. The summed E-state index contributed by atoms with van der Waals surface area (Å²) in [4.78, 5) is 69.7. The van der Waals surface area contributed by atoms with Gasteiger partial charge in [0.2, 0.25) is 23.6 Å². The lowest BCUT2D eigenvalue weighted by Crippen LogP contribution is -2.28. The van der Waals surface area contributed by atoms with E-state index in [9.17, 15) is 28.8 Å². The summed E-state index contributed by atoms with van der Waals surface area (Å²) in [5.74, 6) is 0.735. The molecule has 0 unspecified atom stereocenters. The van der Waals surface area contributed by atoms with E-state index in [2.05, 4.69) is 21.3 Å². The predicted octanol–water partition coefficient (Wildman–Crippen LogP) is 1.70. The van der Waals surface area contributed by atoms with Gasteiger partial charge in [0.25, 0.3) is 0 Å². The van der Waals surface area contributed by atoms with Crippen molar-refractivity contribution in [2.75, 3.05) is 196 Å². The first-order valence-electron chi connectivity index (χ1n) is 27.1. The van der Waals surface area contributed by atoms with Crippen molar-refractivity contribution in [2.24, 2.45) is 0 Å². The highest BCUT2D eigenvalue weighted by Crippen LogP contribution is 2.20. The third-order valence-electron chi connectivity index (χ3n) is 10.6. The quantitative estimate of drug-likeness (QED) is 0.0312. The van der Waals surface area contributed by atoms with Gasteiger partial charge < -0.3 is 94.3 Å². The zero-order valence-corrected chi connectivity index (χ0v) is 46.0.